The fraction of sp³-hybridized carbons (Fsp3) is 0.625. The van der Waals surface area contributed by atoms with Crippen LogP contribution < -0.4 is 16.2 Å². The number of nitrogens with one attached hydrogen (secondary N) is 2. The van der Waals surface area contributed by atoms with Crippen molar-refractivity contribution in [3.8, 4) is 0 Å². The molecule has 2 aromatic rings. The molecule has 0 unspecified atom stereocenters. The third kappa shape index (κ3) is 5.44. The number of hydrogen-bond acceptors (Lipinski definition) is 4. The second-order valence-corrected chi connectivity index (χ2v) is 9.26. The van der Waals surface area contributed by atoms with E-state index in [1.165, 1.54) is 32.2 Å². The Kier molecular flexibility index (Phi) is 7.56. The third-order valence-electron chi connectivity index (χ3n) is 6.70. The lowest BCUT2D eigenvalue weighted by Gasteiger charge is -2.35. The highest BCUT2D eigenvalue weighted by atomic mass is 32.1. The molecule has 0 radical (unpaired) electrons. The van der Waals surface area contributed by atoms with E-state index in [1.807, 2.05) is 22.8 Å². The first kappa shape index (κ1) is 22.2. The Labute approximate surface area is 190 Å². The monoisotopic (exact) mass is 441 g/mol. The molecule has 1 aromatic carbocycles. The van der Waals surface area contributed by atoms with E-state index in [-0.39, 0.29) is 5.56 Å². The molecule has 1 aromatic heterocycles. The highest BCUT2D eigenvalue weighted by Gasteiger charge is 2.19. The van der Waals surface area contributed by atoms with Crippen molar-refractivity contribution >= 4 is 33.9 Å². The van der Waals surface area contributed by atoms with Crippen LogP contribution >= 0.6 is 12.2 Å². The van der Waals surface area contributed by atoms with Crippen molar-refractivity contribution in [3.05, 3.63) is 34.4 Å². The summed E-state index contributed by atoms with van der Waals surface area (Å²) >= 11 is 5.49. The fourth-order valence-corrected chi connectivity index (χ4v) is 5.19. The number of aromatic nitrogens is 2. The fourth-order valence-electron chi connectivity index (χ4n) is 4.97. The van der Waals surface area contributed by atoms with Gasteiger partial charge in [0.15, 0.2) is 5.11 Å². The smallest absolute Gasteiger partial charge is 0.261 e. The molecular weight excluding hydrogens is 406 g/mol. The highest BCUT2D eigenvalue weighted by molar-refractivity contribution is 7.80. The standard InChI is InChI=1S/C24H35N5OS/c1-2-19-9-5-7-14-28(19)15-8-13-25-24(31)26-18-11-12-21-20(17-18)23(30)29-16-6-3-4-10-22(29)27-21/h11-12,17,19H,2-10,13-16H2,1H3,(H2,25,26,31)/t19-/m0/s1. The summed E-state index contributed by atoms with van der Waals surface area (Å²) in [5.74, 6) is 0.923. The number of anilines is 1. The Morgan fingerprint density at radius 1 is 1.19 bits per heavy atom. The molecule has 0 amide bonds. The zero-order valence-corrected chi connectivity index (χ0v) is 19.5. The van der Waals surface area contributed by atoms with Crippen LogP contribution in [-0.4, -0.2) is 45.2 Å². The van der Waals surface area contributed by atoms with Gasteiger partial charge in [0.2, 0.25) is 0 Å². The number of likely N-dealkylation sites (tertiary alicyclic amines) is 1. The van der Waals surface area contributed by atoms with Gasteiger partial charge in [0.25, 0.3) is 5.56 Å². The molecule has 0 saturated carbocycles. The van der Waals surface area contributed by atoms with Crippen molar-refractivity contribution in [2.45, 2.75) is 77.3 Å². The second-order valence-electron chi connectivity index (χ2n) is 8.86. The van der Waals surface area contributed by atoms with E-state index in [0.717, 1.165) is 74.8 Å². The molecule has 7 heteroatoms. The van der Waals surface area contributed by atoms with Crippen molar-refractivity contribution in [1.29, 1.82) is 0 Å². The van der Waals surface area contributed by atoms with E-state index in [9.17, 15) is 4.79 Å². The zero-order valence-electron chi connectivity index (χ0n) is 18.7. The normalized spacial score (nSPS) is 19.6. The van der Waals surface area contributed by atoms with Gasteiger partial charge in [0.1, 0.15) is 5.82 Å². The SMILES string of the molecule is CC[C@H]1CCCCN1CCCNC(=S)Nc1ccc2nc3n(c(=O)c2c1)CCCCC3. The number of benzene rings is 1. The molecule has 0 aliphatic carbocycles. The molecule has 2 aliphatic heterocycles. The first-order valence-corrected chi connectivity index (χ1v) is 12.4. The van der Waals surface area contributed by atoms with Crippen LogP contribution in [0.1, 0.15) is 64.1 Å². The summed E-state index contributed by atoms with van der Waals surface area (Å²) in [6.45, 7) is 6.26. The Bertz CT molecular complexity index is 972. The Morgan fingerprint density at radius 3 is 2.94 bits per heavy atom. The lowest BCUT2D eigenvalue weighted by molar-refractivity contribution is 0.143. The molecule has 6 nitrogen and oxygen atoms in total. The average molecular weight is 442 g/mol. The second kappa shape index (κ2) is 10.6. The van der Waals surface area contributed by atoms with E-state index >= 15 is 0 Å². The van der Waals surface area contributed by atoms with Crippen LogP contribution in [0.3, 0.4) is 0 Å². The molecule has 1 atom stereocenters. The summed E-state index contributed by atoms with van der Waals surface area (Å²) in [7, 11) is 0. The maximum absolute atomic E-state index is 13.0. The first-order chi connectivity index (χ1) is 15.2. The quantitative estimate of drug-likeness (QED) is 0.521. The van der Waals surface area contributed by atoms with Gasteiger partial charge >= 0.3 is 0 Å². The van der Waals surface area contributed by atoms with E-state index in [0.29, 0.717) is 10.5 Å². The average Bonchev–Trinajstić information content (AvgIpc) is 3.03. The third-order valence-corrected chi connectivity index (χ3v) is 6.95. The zero-order chi connectivity index (χ0) is 21.6. The maximum atomic E-state index is 13.0. The van der Waals surface area contributed by atoms with Gasteiger partial charge in [0.05, 0.1) is 10.9 Å². The van der Waals surface area contributed by atoms with Gasteiger partial charge in [0, 0.05) is 37.8 Å². The van der Waals surface area contributed by atoms with Crippen LogP contribution in [0, 0.1) is 0 Å². The maximum Gasteiger partial charge on any atom is 0.261 e. The molecule has 31 heavy (non-hydrogen) atoms. The largest absolute Gasteiger partial charge is 0.362 e. The van der Waals surface area contributed by atoms with Gasteiger partial charge in [-0.15, -0.1) is 0 Å². The van der Waals surface area contributed by atoms with Crippen molar-refractivity contribution in [2.24, 2.45) is 0 Å². The van der Waals surface area contributed by atoms with E-state index in [2.05, 4.69) is 22.5 Å². The summed E-state index contributed by atoms with van der Waals surface area (Å²) in [4.78, 5) is 20.4. The van der Waals surface area contributed by atoms with Crippen molar-refractivity contribution in [2.75, 3.05) is 25.0 Å². The lowest BCUT2D eigenvalue weighted by Crippen LogP contribution is -2.40. The highest BCUT2D eigenvalue weighted by Crippen LogP contribution is 2.20. The molecule has 1 fully saturated rings. The van der Waals surface area contributed by atoms with Gasteiger partial charge in [-0.3, -0.25) is 9.36 Å². The predicted molar refractivity (Wildman–Crippen MR) is 132 cm³/mol. The van der Waals surface area contributed by atoms with Crippen molar-refractivity contribution < 1.29 is 0 Å². The van der Waals surface area contributed by atoms with Gasteiger partial charge in [-0.25, -0.2) is 4.98 Å². The van der Waals surface area contributed by atoms with Crippen LogP contribution in [0.5, 0.6) is 0 Å². The number of thiocarbonyl (C=S) groups is 1. The summed E-state index contributed by atoms with van der Waals surface area (Å²) < 4.78 is 1.86. The van der Waals surface area contributed by atoms with Gasteiger partial charge < -0.3 is 15.5 Å². The lowest BCUT2D eigenvalue weighted by atomic mass is 10.00. The molecule has 0 bridgehead atoms. The number of rotatable bonds is 6. The molecule has 4 rings (SSSR count). The van der Waals surface area contributed by atoms with Crippen LogP contribution in [0.4, 0.5) is 5.69 Å². The van der Waals surface area contributed by atoms with Crippen LogP contribution in [0.15, 0.2) is 23.0 Å². The minimum Gasteiger partial charge on any atom is -0.362 e. The summed E-state index contributed by atoms with van der Waals surface area (Å²) in [5.41, 5.74) is 1.67. The van der Waals surface area contributed by atoms with E-state index < -0.39 is 0 Å². The Balaban J connectivity index is 1.33. The van der Waals surface area contributed by atoms with Crippen molar-refractivity contribution in [3.63, 3.8) is 0 Å². The minimum atomic E-state index is 0.0661. The summed E-state index contributed by atoms with van der Waals surface area (Å²) in [6, 6.07) is 6.51. The van der Waals surface area contributed by atoms with Crippen LogP contribution in [0.25, 0.3) is 10.9 Å². The van der Waals surface area contributed by atoms with Gasteiger partial charge in [-0.05, 0) is 75.5 Å². The minimum absolute atomic E-state index is 0.0661. The predicted octanol–water partition coefficient (Wildman–Crippen LogP) is 4.06. The molecule has 1 saturated heterocycles. The molecule has 168 valence electrons. The van der Waals surface area contributed by atoms with Crippen molar-refractivity contribution in [1.82, 2.24) is 19.8 Å². The van der Waals surface area contributed by atoms with Crippen LogP contribution in [0.2, 0.25) is 0 Å². The molecule has 2 aliphatic rings. The van der Waals surface area contributed by atoms with E-state index in [4.69, 9.17) is 17.2 Å². The Morgan fingerprint density at radius 2 is 2.06 bits per heavy atom. The van der Waals surface area contributed by atoms with Gasteiger partial charge in [-0.2, -0.15) is 0 Å². The number of piperidine rings is 1. The molecule has 3 heterocycles. The summed E-state index contributed by atoms with van der Waals surface area (Å²) in [5, 5.41) is 7.83. The van der Waals surface area contributed by atoms with Gasteiger partial charge in [-0.1, -0.05) is 19.8 Å². The molecule has 0 spiro atoms. The first-order valence-electron chi connectivity index (χ1n) is 12.0. The number of nitrogens with zero attached hydrogens (tertiary/aromatic N) is 3. The Hall–Kier alpha value is -1.99. The topological polar surface area (TPSA) is 62.2 Å². The van der Waals surface area contributed by atoms with E-state index in [1.54, 1.807) is 0 Å². The van der Waals surface area contributed by atoms with Crippen LogP contribution in [-0.2, 0) is 13.0 Å². The molecule has 2 N–H and O–H groups in total. The number of aryl methyl sites for hydroxylation is 1. The molecular formula is C24H35N5OS. The number of hydrogen-bond donors (Lipinski definition) is 2. The summed E-state index contributed by atoms with van der Waals surface area (Å²) in [6.07, 6.45) is 10.5. The number of fused-ring (bicyclic) bond motifs is 2.